The van der Waals surface area contributed by atoms with Crippen LogP contribution in [0.2, 0.25) is 0 Å². The van der Waals surface area contributed by atoms with Crippen molar-refractivity contribution in [2.24, 2.45) is 0 Å². The van der Waals surface area contributed by atoms with Gasteiger partial charge in [0.05, 0.1) is 11.8 Å². The van der Waals surface area contributed by atoms with E-state index in [1.807, 2.05) is 19.1 Å². The van der Waals surface area contributed by atoms with E-state index < -0.39 is 0 Å². The standard InChI is InChI=1S/C16H28N2O/c1-6-15-16(10-9-13(4)18-15)19-14(5)8-7-11-17-12(2)3/h9-10,12,14,17H,6-8,11H2,1-5H3. The number of rotatable bonds is 8. The summed E-state index contributed by atoms with van der Waals surface area (Å²) in [5, 5.41) is 3.43. The number of hydrogen-bond acceptors (Lipinski definition) is 3. The molecular formula is C16H28N2O. The number of aryl methyl sites for hydroxylation is 2. The summed E-state index contributed by atoms with van der Waals surface area (Å²) in [6.45, 7) is 11.7. The number of pyridine rings is 1. The van der Waals surface area contributed by atoms with Gasteiger partial charge < -0.3 is 10.1 Å². The lowest BCUT2D eigenvalue weighted by molar-refractivity contribution is 0.204. The van der Waals surface area contributed by atoms with Crippen LogP contribution in [-0.2, 0) is 6.42 Å². The normalized spacial score (nSPS) is 12.7. The predicted octanol–water partition coefficient (Wildman–Crippen LogP) is 3.50. The highest BCUT2D eigenvalue weighted by Gasteiger charge is 2.09. The molecule has 0 aromatic carbocycles. The van der Waals surface area contributed by atoms with Crippen LogP contribution >= 0.6 is 0 Å². The van der Waals surface area contributed by atoms with Crippen molar-refractivity contribution in [2.75, 3.05) is 6.54 Å². The van der Waals surface area contributed by atoms with Crippen molar-refractivity contribution in [3.05, 3.63) is 23.5 Å². The van der Waals surface area contributed by atoms with E-state index in [0.29, 0.717) is 6.04 Å². The Morgan fingerprint density at radius 3 is 2.63 bits per heavy atom. The molecule has 1 aromatic rings. The van der Waals surface area contributed by atoms with E-state index in [9.17, 15) is 0 Å². The molecule has 0 aliphatic rings. The third-order valence-corrected chi connectivity index (χ3v) is 3.07. The smallest absolute Gasteiger partial charge is 0.141 e. The van der Waals surface area contributed by atoms with Crippen LogP contribution in [0.25, 0.3) is 0 Å². The SMILES string of the molecule is CCc1nc(C)ccc1OC(C)CCCNC(C)C. The Kier molecular flexibility index (Phi) is 6.85. The zero-order valence-electron chi connectivity index (χ0n) is 13.0. The van der Waals surface area contributed by atoms with Gasteiger partial charge in [-0.15, -0.1) is 0 Å². The van der Waals surface area contributed by atoms with Crippen LogP contribution in [0.1, 0.15) is 51.9 Å². The van der Waals surface area contributed by atoms with E-state index in [4.69, 9.17) is 4.74 Å². The van der Waals surface area contributed by atoms with Crippen LogP contribution in [0.4, 0.5) is 0 Å². The van der Waals surface area contributed by atoms with Gasteiger partial charge in [0.15, 0.2) is 0 Å². The van der Waals surface area contributed by atoms with E-state index in [0.717, 1.165) is 42.9 Å². The number of ether oxygens (including phenoxy) is 1. The van der Waals surface area contributed by atoms with Crippen LogP contribution < -0.4 is 10.1 Å². The highest BCUT2D eigenvalue weighted by atomic mass is 16.5. The molecule has 1 atom stereocenters. The molecule has 0 amide bonds. The van der Waals surface area contributed by atoms with E-state index in [1.165, 1.54) is 0 Å². The van der Waals surface area contributed by atoms with E-state index >= 15 is 0 Å². The largest absolute Gasteiger partial charge is 0.489 e. The van der Waals surface area contributed by atoms with Crippen LogP contribution in [0, 0.1) is 6.92 Å². The first-order valence-electron chi connectivity index (χ1n) is 7.39. The molecule has 1 unspecified atom stereocenters. The Labute approximate surface area is 117 Å². The van der Waals surface area contributed by atoms with Gasteiger partial charge in [-0.1, -0.05) is 20.8 Å². The minimum absolute atomic E-state index is 0.240. The van der Waals surface area contributed by atoms with Crippen molar-refractivity contribution in [1.82, 2.24) is 10.3 Å². The topological polar surface area (TPSA) is 34.1 Å². The number of aromatic nitrogens is 1. The van der Waals surface area contributed by atoms with Crippen molar-refractivity contribution in [2.45, 2.75) is 66.0 Å². The van der Waals surface area contributed by atoms with Gasteiger partial charge in [0.25, 0.3) is 0 Å². The zero-order valence-corrected chi connectivity index (χ0v) is 13.0. The fraction of sp³-hybridized carbons (Fsp3) is 0.688. The van der Waals surface area contributed by atoms with Gasteiger partial charge in [0.2, 0.25) is 0 Å². The maximum atomic E-state index is 6.01. The fourth-order valence-electron chi connectivity index (χ4n) is 2.01. The minimum atomic E-state index is 0.240. The molecule has 108 valence electrons. The molecule has 1 heterocycles. The predicted molar refractivity (Wildman–Crippen MR) is 80.8 cm³/mol. The van der Waals surface area contributed by atoms with Gasteiger partial charge >= 0.3 is 0 Å². The van der Waals surface area contributed by atoms with Gasteiger partial charge in [0.1, 0.15) is 5.75 Å². The zero-order chi connectivity index (χ0) is 14.3. The molecule has 1 N–H and O–H groups in total. The van der Waals surface area contributed by atoms with E-state index in [-0.39, 0.29) is 6.10 Å². The molecule has 1 aromatic heterocycles. The lowest BCUT2D eigenvalue weighted by atomic mass is 10.2. The average molecular weight is 264 g/mol. The first-order chi connectivity index (χ1) is 9.02. The number of nitrogens with one attached hydrogen (secondary N) is 1. The van der Waals surface area contributed by atoms with Gasteiger partial charge in [-0.3, -0.25) is 4.98 Å². The van der Waals surface area contributed by atoms with Crippen molar-refractivity contribution >= 4 is 0 Å². The first-order valence-corrected chi connectivity index (χ1v) is 7.39. The van der Waals surface area contributed by atoms with Crippen LogP contribution in [0.15, 0.2) is 12.1 Å². The van der Waals surface area contributed by atoms with Crippen LogP contribution in [-0.4, -0.2) is 23.7 Å². The summed E-state index contributed by atoms with van der Waals surface area (Å²) in [6.07, 6.45) is 3.36. The summed E-state index contributed by atoms with van der Waals surface area (Å²) in [7, 11) is 0. The lowest BCUT2D eigenvalue weighted by Crippen LogP contribution is -2.25. The van der Waals surface area contributed by atoms with Crippen LogP contribution in [0.3, 0.4) is 0 Å². The molecule has 0 aliphatic carbocycles. The third kappa shape index (κ3) is 6.06. The Morgan fingerprint density at radius 2 is 2.00 bits per heavy atom. The highest BCUT2D eigenvalue weighted by Crippen LogP contribution is 2.20. The lowest BCUT2D eigenvalue weighted by Gasteiger charge is -2.17. The molecule has 0 spiro atoms. The van der Waals surface area contributed by atoms with Crippen molar-refractivity contribution in [3.63, 3.8) is 0 Å². The second kappa shape index (κ2) is 8.16. The second-order valence-corrected chi connectivity index (χ2v) is 5.43. The number of nitrogens with zero attached hydrogens (tertiary/aromatic N) is 1. The summed E-state index contributed by atoms with van der Waals surface area (Å²) in [6, 6.07) is 4.62. The molecule has 0 fully saturated rings. The van der Waals surface area contributed by atoms with Gasteiger partial charge in [-0.2, -0.15) is 0 Å². The Balaban J connectivity index is 2.41. The number of hydrogen-bond donors (Lipinski definition) is 1. The maximum Gasteiger partial charge on any atom is 0.141 e. The van der Waals surface area contributed by atoms with Crippen molar-refractivity contribution < 1.29 is 4.74 Å². The molecule has 0 aliphatic heterocycles. The maximum absolute atomic E-state index is 6.01. The average Bonchev–Trinajstić information content (AvgIpc) is 2.36. The first kappa shape index (κ1) is 16.0. The molecule has 19 heavy (non-hydrogen) atoms. The second-order valence-electron chi connectivity index (χ2n) is 5.43. The summed E-state index contributed by atoms with van der Waals surface area (Å²) in [4.78, 5) is 4.53. The van der Waals surface area contributed by atoms with Gasteiger partial charge in [-0.05, 0) is 51.8 Å². The summed E-state index contributed by atoms with van der Waals surface area (Å²) in [5.74, 6) is 0.942. The van der Waals surface area contributed by atoms with Crippen molar-refractivity contribution in [3.8, 4) is 5.75 Å². The molecule has 1 rings (SSSR count). The van der Waals surface area contributed by atoms with Gasteiger partial charge in [0, 0.05) is 11.7 Å². The molecule has 0 saturated carbocycles. The Hall–Kier alpha value is -1.09. The van der Waals surface area contributed by atoms with Crippen molar-refractivity contribution in [1.29, 1.82) is 0 Å². The summed E-state index contributed by atoms with van der Waals surface area (Å²) in [5.41, 5.74) is 2.12. The molecular weight excluding hydrogens is 236 g/mol. The van der Waals surface area contributed by atoms with E-state index in [2.05, 4.69) is 38.0 Å². The third-order valence-electron chi connectivity index (χ3n) is 3.07. The highest BCUT2D eigenvalue weighted by molar-refractivity contribution is 5.29. The Morgan fingerprint density at radius 1 is 1.26 bits per heavy atom. The van der Waals surface area contributed by atoms with Gasteiger partial charge in [-0.25, -0.2) is 0 Å². The summed E-state index contributed by atoms with van der Waals surface area (Å²) >= 11 is 0. The van der Waals surface area contributed by atoms with Crippen LogP contribution in [0.5, 0.6) is 5.75 Å². The monoisotopic (exact) mass is 264 g/mol. The molecule has 0 radical (unpaired) electrons. The molecule has 0 saturated heterocycles. The summed E-state index contributed by atoms with van der Waals surface area (Å²) < 4.78 is 6.01. The van der Waals surface area contributed by atoms with E-state index in [1.54, 1.807) is 0 Å². The molecule has 0 bridgehead atoms. The minimum Gasteiger partial charge on any atom is -0.489 e. The molecule has 3 nitrogen and oxygen atoms in total. The Bertz CT molecular complexity index is 377. The fourth-order valence-corrected chi connectivity index (χ4v) is 2.01. The molecule has 3 heteroatoms. The quantitative estimate of drug-likeness (QED) is 0.730.